The summed E-state index contributed by atoms with van der Waals surface area (Å²) in [5, 5.41) is 18.7. The molecule has 0 unspecified atom stereocenters. The molecule has 2 aromatic rings. The van der Waals surface area contributed by atoms with Gasteiger partial charge in [0.1, 0.15) is 5.25 Å². The quantitative estimate of drug-likeness (QED) is 0.389. The molecule has 11 heteroatoms. The van der Waals surface area contributed by atoms with E-state index in [9.17, 15) is 24.3 Å². The molecule has 9 nitrogen and oxygen atoms in total. The molecule has 1 aromatic carbocycles. The van der Waals surface area contributed by atoms with Crippen LogP contribution in [0, 0.1) is 5.92 Å². The van der Waals surface area contributed by atoms with Crippen molar-refractivity contribution in [2.45, 2.75) is 41.9 Å². The summed E-state index contributed by atoms with van der Waals surface area (Å²) in [7, 11) is 1.43. The van der Waals surface area contributed by atoms with E-state index in [0.29, 0.717) is 34.7 Å². The van der Waals surface area contributed by atoms with E-state index in [4.69, 9.17) is 9.84 Å². The number of hydrogen-bond acceptors (Lipinski definition) is 8. The van der Waals surface area contributed by atoms with Gasteiger partial charge in [0, 0.05) is 23.8 Å². The van der Waals surface area contributed by atoms with Crippen molar-refractivity contribution in [3.05, 3.63) is 38.3 Å². The van der Waals surface area contributed by atoms with Gasteiger partial charge in [-0.2, -0.15) is 0 Å². The summed E-state index contributed by atoms with van der Waals surface area (Å²) in [6.07, 6.45) is 1.68. The predicted molar refractivity (Wildman–Crippen MR) is 117 cm³/mol. The summed E-state index contributed by atoms with van der Waals surface area (Å²) in [5.74, 6) is -2.46. The van der Waals surface area contributed by atoms with E-state index in [1.165, 1.54) is 29.8 Å². The Hall–Kier alpha value is -2.79. The third-order valence-electron chi connectivity index (χ3n) is 5.75. The number of carboxylic acid groups (broad SMARTS) is 1. The first-order chi connectivity index (χ1) is 15.3. The number of phenolic OH excluding ortho intramolecular Hbond substituents is 1. The zero-order chi connectivity index (χ0) is 23.0. The van der Waals surface area contributed by atoms with Crippen molar-refractivity contribution in [3.63, 3.8) is 0 Å². The number of aromatic amines is 1. The van der Waals surface area contributed by atoms with Crippen LogP contribution in [0.25, 0.3) is 0 Å². The van der Waals surface area contributed by atoms with Gasteiger partial charge in [-0.1, -0.05) is 35.6 Å². The Morgan fingerprint density at radius 3 is 2.69 bits per heavy atom. The summed E-state index contributed by atoms with van der Waals surface area (Å²) >= 11 is 2.23. The Bertz CT molecular complexity index is 1130. The van der Waals surface area contributed by atoms with Crippen molar-refractivity contribution < 1.29 is 29.3 Å². The van der Waals surface area contributed by atoms with E-state index in [1.54, 1.807) is 12.1 Å². The number of rotatable bonds is 8. The summed E-state index contributed by atoms with van der Waals surface area (Å²) in [5.41, 5.74) is 0.677. The summed E-state index contributed by atoms with van der Waals surface area (Å²) in [4.78, 5) is 53.7. The molecule has 0 aliphatic carbocycles. The maximum Gasteiger partial charge on any atom is 0.305 e. The molecular weight excluding hydrogens is 456 g/mol. The fourth-order valence-electron chi connectivity index (χ4n) is 4.26. The molecule has 4 rings (SSSR count). The number of unbranched alkanes of at least 4 members (excludes halogenated alkanes) is 2. The van der Waals surface area contributed by atoms with Gasteiger partial charge in [0.2, 0.25) is 11.8 Å². The Balaban J connectivity index is 1.64. The number of ether oxygens (including phenoxy) is 1. The van der Waals surface area contributed by atoms with Gasteiger partial charge < -0.3 is 19.9 Å². The molecule has 3 N–H and O–H groups in total. The second kappa shape index (κ2) is 8.99. The number of H-pyrrole nitrogens is 1. The standard InChI is InChI=1S/C21H22N2O7S2/c1-30-12-9-10(6-7-11(12)24)14-15-17(31-18-16(14)32-21(29)22-18)20(28)23(19(15)27)8-4-2-3-5-13(25)26/h6-7,9,14-15,17,24H,2-5,8H2,1H3,(H,22,29)(H,25,26)/t14-,15-,17+/m0/s1. The molecule has 1 fully saturated rings. The number of carboxylic acids is 1. The first kappa shape index (κ1) is 22.4. The molecule has 1 saturated heterocycles. The number of aromatic nitrogens is 1. The van der Waals surface area contributed by atoms with Crippen molar-refractivity contribution in [1.82, 2.24) is 9.88 Å². The minimum absolute atomic E-state index is 0.0442. The third-order valence-corrected chi connectivity index (χ3v) is 8.15. The van der Waals surface area contributed by atoms with E-state index in [-0.39, 0.29) is 41.2 Å². The van der Waals surface area contributed by atoms with E-state index in [0.717, 1.165) is 11.3 Å². The van der Waals surface area contributed by atoms with Gasteiger partial charge in [-0.25, -0.2) is 0 Å². The maximum absolute atomic E-state index is 13.4. The monoisotopic (exact) mass is 478 g/mol. The van der Waals surface area contributed by atoms with E-state index >= 15 is 0 Å². The van der Waals surface area contributed by atoms with Crippen LogP contribution in [0.4, 0.5) is 0 Å². The number of methoxy groups -OCH3 is 1. The third kappa shape index (κ3) is 4.02. The van der Waals surface area contributed by atoms with Crippen molar-refractivity contribution >= 4 is 40.9 Å². The highest BCUT2D eigenvalue weighted by Gasteiger charge is 2.55. The first-order valence-electron chi connectivity index (χ1n) is 10.2. The highest BCUT2D eigenvalue weighted by atomic mass is 32.2. The lowest BCUT2D eigenvalue weighted by Crippen LogP contribution is -2.33. The molecule has 0 spiro atoms. The Labute approximate surface area is 191 Å². The molecule has 32 heavy (non-hydrogen) atoms. The van der Waals surface area contributed by atoms with Gasteiger partial charge >= 0.3 is 10.8 Å². The Morgan fingerprint density at radius 1 is 1.19 bits per heavy atom. The number of aromatic hydroxyl groups is 1. The van der Waals surface area contributed by atoms with Crippen LogP contribution in [0.2, 0.25) is 0 Å². The molecule has 0 radical (unpaired) electrons. The number of nitrogens with zero attached hydrogens (tertiary/aromatic N) is 1. The first-order valence-corrected chi connectivity index (χ1v) is 11.8. The van der Waals surface area contributed by atoms with Crippen LogP contribution in [-0.4, -0.2) is 56.8 Å². The molecule has 0 saturated carbocycles. The van der Waals surface area contributed by atoms with Crippen LogP contribution in [0.3, 0.4) is 0 Å². The van der Waals surface area contributed by atoms with Crippen molar-refractivity contribution in [1.29, 1.82) is 0 Å². The molecule has 0 bridgehead atoms. The smallest absolute Gasteiger partial charge is 0.305 e. The van der Waals surface area contributed by atoms with E-state index in [2.05, 4.69) is 4.98 Å². The van der Waals surface area contributed by atoms with Gasteiger partial charge in [-0.15, -0.1) is 0 Å². The maximum atomic E-state index is 13.4. The number of hydrogen-bond donors (Lipinski definition) is 3. The number of aliphatic carboxylic acids is 1. The van der Waals surface area contributed by atoms with E-state index in [1.807, 2.05) is 0 Å². The second-order valence-electron chi connectivity index (χ2n) is 7.71. The Morgan fingerprint density at radius 2 is 1.97 bits per heavy atom. The summed E-state index contributed by atoms with van der Waals surface area (Å²) in [6, 6.07) is 4.78. The topological polar surface area (TPSA) is 137 Å². The molecule has 2 aliphatic heterocycles. The lowest BCUT2D eigenvalue weighted by molar-refractivity contribution is -0.140. The highest BCUT2D eigenvalue weighted by molar-refractivity contribution is 8.00. The number of thiazole rings is 1. The van der Waals surface area contributed by atoms with Crippen LogP contribution >= 0.6 is 23.1 Å². The lowest BCUT2D eigenvalue weighted by atomic mass is 9.83. The second-order valence-corrected chi connectivity index (χ2v) is 9.88. The van der Waals surface area contributed by atoms with Crippen LogP contribution in [0.1, 0.15) is 42.0 Å². The number of fused-ring (bicyclic) bond motifs is 2. The number of thioether (sulfide) groups is 1. The number of amides is 2. The predicted octanol–water partition coefficient (Wildman–Crippen LogP) is 2.39. The van der Waals surface area contributed by atoms with Gasteiger partial charge in [0.05, 0.1) is 18.1 Å². The summed E-state index contributed by atoms with van der Waals surface area (Å²) < 4.78 is 5.22. The van der Waals surface area contributed by atoms with Crippen molar-refractivity contribution in [2.75, 3.05) is 13.7 Å². The highest BCUT2D eigenvalue weighted by Crippen LogP contribution is 2.53. The number of carbonyl (C=O) groups is 3. The average Bonchev–Trinajstić information content (AvgIpc) is 3.24. The largest absolute Gasteiger partial charge is 0.504 e. The zero-order valence-corrected chi connectivity index (χ0v) is 18.8. The fourth-order valence-corrected chi connectivity index (χ4v) is 6.80. The molecule has 1 aromatic heterocycles. The SMILES string of the molecule is COc1cc([C@@H]2c3sc(=O)[nH]c3S[C@H]3C(=O)N(CCCCCC(=O)O)C(=O)[C@@H]23)ccc1O. The van der Waals surface area contributed by atoms with Crippen molar-refractivity contribution in [3.8, 4) is 11.5 Å². The van der Waals surface area contributed by atoms with Crippen LogP contribution in [0.5, 0.6) is 11.5 Å². The van der Waals surface area contributed by atoms with Crippen LogP contribution in [-0.2, 0) is 14.4 Å². The lowest BCUT2D eigenvalue weighted by Gasteiger charge is -2.30. The van der Waals surface area contributed by atoms with Gasteiger partial charge in [0.15, 0.2) is 11.5 Å². The van der Waals surface area contributed by atoms with Crippen LogP contribution in [0.15, 0.2) is 28.0 Å². The molecule has 170 valence electrons. The van der Waals surface area contributed by atoms with Gasteiger partial charge in [0.25, 0.3) is 0 Å². The molecular formula is C21H22N2O7S2. The molecule has 3 atom stereocenters. The van der Waals surface area contributed by atoms with Crippen molar-refractivity contribution in [2.24, 2.45) is 5.92 Å². The summed E-state index contributed by atoms with van der Waals surface area (Å²) in [6.45, 7) is 0.237. The van der Waals surface area contributed by atoms with Crippen LogP contribution < -0.4 is 9.61 Å². The molecule has 3 heterocycles. The fraction of sp³-hybridized carbons (Fsp3) is 0.429. The Kier molecular flexibility index (Phi) is 6.29. The average molecular weight is 479 g/mol. The minimum atomic E-state index is -0.868. The molecule has 2 aliphatic rings. The molecule has 2 amide bonds. The van der Waals surface area contributed by atoms with E-state index < -0.39 is 23.1 Å². The zero-order valence-electron chi connectivity index (χ0n) is 17.2. The normalized spacial score (nSPS) is 22.0. The number of carbonyl (C=O) groups excluding carboxylic acids is 2. The number of nitrogens with one attached hydrogen (secondary N) is 1. The number of likely N-dealkylation sites (tertiary alicyclic amines) is 1. The number of imide groups is 1. The number of benzene rings is 1. The minimum Gasteiger partial charge on any atom is -0.504 e. The van der Waals surface area contributed by atoms with Gasteiger partial charge in [-0.05, 0) is 30.5 Å². The number of phenols is 1. The van der Waals surface area contributed by atoms with Gasteiger partial charge in [-0.3, -0.25) is 24.1 Å².